The van der Waals surface area contributed by atoms with Crippen molar-refractivity contribution < 1.29 is 14.7 Å². The van der Waals surface area contributed by atoms with Gasteiger partial charge in [-0.25, -0.2) is 0 Å². The quantitative estimate of drug-likeness (QED) is 0.869. The molecule has 0 aromatic heterocycles. The molecule has 5 nitrogen and oxygen atoms in total. The zero-order valence-electron chi connectivity index (χ0n) is 12.0. The highest BCUT2D eigenvalue weighted by Gasteiger charge is 2.30. The predicted octanol–water partition coefficient (Wildman–Crippen LogP) is 1.70. The average molecular weight is 311 g/mol. The van der Waals surface area contributed by atoms with Crippen LogP contribution in [0.3, 0.4) is 0 Å². The number of carbonyl (C=O) groups is 2. The molecule has 2 rings (SSSR count). The Labute approximate surface area is 129 Å². The fourth-order valence-corrected chi connectivity index (χ4v) is 2.70. The van der Waals surface area contributed by atoms with Gasteiger partial charge in [0.1, 0.15) is 0 Å². The maximum Gasteiger partial charge on any atom is 0.303 e. The summed E-state index contributed by atoms with van der Waals surface area (Å²) in [6, 6.07) is 7.44. The highest BCUT2D eigenvalue weighted by molar-refractivity contribution is 6.30. The molecular weight excluding hydrogens is 292 g/mol. The molecular formula is C15H19ClN2O3. The van der Waals surface area contributed by atoms with E-state index in [1.165, 1.54) is 0 Å². The molecule has 114 valence electrons. The van der Waals surface area contributed by atoms with Crippen LogP contribution in [0.5, 0.6) is 0 Å². The maximum absolute atomic E-state index is 12.1. The van der Waals surface area contributed by atoms with Crippen molar-refractivity contribution in [1.82, 2.24) is 9.80 Å². The van der Waals surface area contributed by atoms with Gasteiger partial charge in [0, 0.05) is 31.7 Å². The van der Waals surface area contributed by atoms with Crippen molar-refractivity contribution in [3.05, 3.63) is 34.9 Å². The second kappa shape index (κ2) is 6.91. The molecule has 0 saturated carbocycles. The van der Waals surface area contributed by atoms with Crippen molar-refractivity contribution >= 4 is 23.5 Å². The first kappa shape index (κ1) is 15.8. The SMILES string of the molecule is CN(Cc1cccc(Cl)c1)C(=O)CN1CC(CC(=O)O)C1. The van der Waals surface area contributed by atoms with E-state index in [4.69, 9.17) is 16.7 Å². The molecule has 0 radical (unpaired) electrons. The Morgan fingerprint density at radius 3 is 2.76 bits per heavy atom. The molecule has 21 heavy (non-hydrogen) atoms. The van der Waals surface area contributed by atoms with Gasteiger partial charge in [-0.1, -0.05) is 23.7 Å². The molecule has 1 N–H and O–H groups in total. The molecule has 1 amide bonds. The number of carboxylic acids is 1. The standard InChI is InChI=1S/C15H19ClN2O3/c1-17(7-11-3-2-4-13(16)5-11)14(19)10-18-8-12(9-18)6-15(20)21/h2-5,12H,6-10H2,1H3,(H,20,21). The van der Waals surface area contributed by atoms with Crippen LogP contribution in [-0.4, -0.2) is 53.5 Å². The summed E-state index contributed by atoms with van der Waals surface area (Å²) in [5.41, 5.74) is 0.991. The average Bonchev–Trinajstić information content (AvgIpc) is 2.35. The molecule has 1 fully saturated rings. The second-order valence-corrected chi connectivity index (χ2v) is 5.97. The number of benzene rings is 1. The molecule has 1 aromatic carbocycles. The summed E-state index contributed by atoms with van der Waals surface area (Å²) in [6.45, 7) is 2.23. The molecule has 0 spiro atoms. The molecule has 1 aliphatic heterocycles. The van der Waals surface area contributed by atoms with Gasteiger partial charge in [-0.3, -0.25) is 14.5 Å². The molecule has 0 atom stereocenters. The zero-order chi connectivity index (χ0) is 15.4. The van der Waals surface area contributed by atoms with Crippen molar-refractivity contribution in [2.45, 2.75) is 13.0 Å². The second-order valence-electron chi connectivity index (χ2n) is 5.54. The van der Waals surface area contributed by atoms with E-state index in [1.807, 2.05) is 23.1 Å². The number of likely N-dealkylation sites (N-methyl/N-ethyl adjacent to an activating group) is 1. The fraction of sp³-hybridized carbons (Fsp3) is 0.467. The Bertz CT molecular complexity index is 529. The third-order valence-corrected chi connectivity index (χ3v) is 3.82. The van der Waals surface area contributed by atoms with Crippen LogP contribution >= 0.6 is 11.6 Å². The third-order valence-electron chi connectivity index (χ3n) is 3.59. The Kier molecular flexibility index (Phi) is 5.20. The first-order chi connectivity index (χ1) is 9.94. The zero-order valence-corrected chi connectivity index (χ0v) is 12.7. The van der Waals surface area contributed by atoms with E-state index < -0.39 is 5.97 Å². The van der Waals surface area contributed by atoms with Gasteiger partial charge in [-0.2, -0.15) is 0 Å². The summed E-state index contributed by atoms with van der Waals surface area (Å²) in [5, 5.41) is 9.35. The lowest BCUT2D eigenvalue weighted by atomic mass is 9.96. The van der Waals surface area contributed by atoms with Gasteiger partial charge in [-0.05, 0) is 23.6 Å². The van der Waals surface area contributed by atoms with E-state index in [9.17, 15) is 9.59 Å². The van der Waals surface area contributed by atoms with E-state index in [2.05, 4.69) is 0 Å². The number of carbonyl (C=O) groups excluding carboxylic acids is 1. The molecule has 0 bridgehead atoms. The highest BCUT2D eigenvalue weighted by Crippen LogP contribution is 2.19. The third kappa shape index (κ3) is 4.72. The minimum atomic E-state index is -0.774. The summed E-state index contributed by atoms with van der Waals surface area (Å²) < 4.78 is 0. The van der Waals surface area contributed by atoms with Crippen LogP contribution < -0.4 is 0 Å². The number of nitrogens with zero attached hydrogens (tertiary/aromatic N) is 2. The van der Waals surface area contributed by atoms with E-state index in [1.54, 1.807) is 18.0 Å². The summed E-state index contributed by atoms with van der Waals surface area (Å²) in [5.74, 6) is -0.568. The highest BCUT2D eigenvalue weighted by atomic mass is 35.5. The Balaban J connectivity index is 1.75. The minimum Gasteiger partial charge on any atom is -0.481 e. The Morgan fingerprint density at radius 1 is 1.43 bits per heavy atom. The predicted molar refractivity (Wildman–Crippen MR) is 80.1 cm³/mol. The summed E-state index contributed by atoms with van der Waals surface area (Å²) in [6.07, 6.45) is 0.184. The molecule has 0 aliphatic carbocycles. The minimum absolute atomic E-state index is 0.0313. The van der Waals surface area contributed by atoms with Crippen LogP contribution in [0.25, 0.3) is 0 Å². The molecule has 0 unspecified atom stereocenters. The summed E-state index contributed by atoms with van der Waals surface area (Å²) >= 11 is 5.92. The van der Waals surface area contributed by atoms with Gasteiger partial charge in [0.25, 0.3) is 0 Å². The lowest BCUT2D eigenvalue weighted by Gasteiger charge is -2.38. The number of aliphatic carboxylic acids is 1. The van der Waals surface area contributed by atoms with Gasteiger partial charge < -0.3 is 10.0 Å². The van der Waals surface area contributed by atoms with Crippen LogP contribution in [0.2, 0.25) is 5.02 Å². The number of hydrogen-bond donors (Lipinski definition) is 1. The van der Waals surface area contributed by atoms with Crippen LogP contribution in [0, 0.1) is 5.92 Å². The van der Waals surface area contributed by atoms with Crippen LogP contribution in [0.4, 0.5) is 0 Å². The number of amides is 1. The lowest BCUT2D eigenvalue weighted by molar-refractivity contribution is -0.140. The molecule has 1 aliphatic rings. The van der Waals surface area contributed by atoms with Crippen molar-refractivity contribution in [2.24, 2.45) is 5.92 Å². The van der Waals surface area contributed by atoms with E-state index in [0.717, 1.165) is 5.56 Å². The normalized spacial score (nSPS) is 15.5. The maximum atomic E-state index is 12.1. The van der Waals surface area contributed by atoms with Crippen LogP contribution in [-0.2, 0) is 16.1 Å². The number of likely N-dealkylation sites (tertiary alicyclic amines) is 1. The topological polar surface area (TPSA) is 60.9 Å². The monoisotopic (exact) mass is 310 g/mol. The van der Waals surface area contributed by atoms with Gasteiger partial charge in [0.2, 0.25) is 5.91 Å². The number of rotatable bonds is 6. The van der Waals surface area contributed by atoms with Crippen molar-refractivity contribution in [3.8, 4) is 0 Å². The summed E-state index contributed by atoms with van der Waals surface area (Å²) in [7, 11) is 1.76. The van der Waals surface area contributed by atoms with Gasteiger partial charge in [-0.15, -0.1) is 0 Å². The molecule has 1 heterocycles. The smallest absolute Gasteiger partial charge is 0.303 e. The Morgan fingerprint density at radius 2 is 2.14 bits per heavy atom. The van der Waals surface area contributed by atoms with Crippen LogP contribution in [0.15, 0.2) is 24.3 Å². The molecule has 6 heteroatoms. The first-order valence-corrected chi connectivity index (χ1v) is 7.24. The van der Waals surface area contributed by atoms with E-state index >= 15 is 0 Å². The first-order valence-electron chi connectivity index (χ1n) is 6.86. The van der Waals surface area contributed by atoms with Gasteiger partial charge >= 0.3 is 5.97 Å². The lowest BCUT2D eigenvalue weighted by Crippen LogP contribution is -2.51. The van der Waals surface area contributed by atoms with Crippen LogP contribution in [0.1, 0.15) is 12.0 Å². The molecule has 1 saturated heterocycles. The molecule has 1 aromatic rings. The van der Waals surface area contributed by atoms with Crippen molar-refractivity contribution in [2.75, 3.05) is 26.7 Å². The van der Waals surface area contributed by atoms with Crippen molar-refractivity contribution in [3.63, 3.8) is 0 Å². The van der Waals surface area contributed by atoms with Gasteiger partial charge in [0.05, 0.1) is 13.0 Å². The number of carboxylic acid groups (broad SMARTS) is 1. The largest absolute Gasteiger partial charge is 0.481 e. The number of hydrogen-bond acceptors (Lipinski definition) is 3. The van der Waals surface area contributed by atoms with Crippen molar-refractivity contribution in [1.29, 1.82) is 0 Å². The fourth-order valence-electron chi connectivity index (χ4n) is 2.49. The number of halogens is 1. The Hall–Kier alpha value is -1.59. The summed E-state index contributed by atoms with van der Waals surface area (Å²) in [4.78, 5) is 26.3. The van der Waals surface area contributed by atoms with E-state index in [-0.39, 0.29) is 18.2 Å². The van der Waals surface area contributed by atoms with E-state index in [0.29, 0.717) is 31.2 Å². The van der Waals surface area contributed by atoms with Gasteiger partial charge in [0.15, 0.2) is 0 Å².